The molecule has 0 bridgehead atoms. The van der Waals surface area contributed by atoms with Crippen molar-refractivity contribution in [2.75, 3.05) is 0 Å². The smallest absolute Gasteiger partial charge is 0.110 e. The van der Waals surface area contributed by atoms with E-state index in [-0.39, 0.29) is 0 Å². The molecule has 3 nitrogen and oxygen atoms in total. The Morgan fingerprint density at radius 1 is 1.41 bits per heavy atom. The Bertz CT molecular complexity index is 573. The van der Waals surface area contributed by atoms with E-state index in [9.17, 15) is 0 Å². The van der Waals surface area contributed by atoms with E-state index < -0.39 is 0 Å². The fraction of sp³-hybridized carbons (Fsp3) is 0.429. The predicted molar refractivity (Wildman–Crippen MR) is 68.8 cm³/mol. The minimum Gasteiger partial charge on any atom is -0.325 e. The van der Waals surface area contributed by atoms with E-state index in [1.807, 2.05) is 18.2 Å². The minimum absolute atomic E-state index is 0.398. The van der Waals surface area contributed by atoms with Crippen LogP contribution in [0.4, 0.5) is 0 Å². The molecule has 17 heavy (non-hydrogen) atoms. The van der Waals surface area contributed by atoms with Crippen molar-refractivity contribution in [2.24, 2.45) is 0 Å². The molecule has 2 aromatic rings. The van der Waals surface area contributed by atoms with E-state index in [0.717, 1.165) is 29.7 Å². The molecule has 0 spiro atoms. The van der Waals surface area contributed by atoms with Crippen LogP contribution in [-0.4, -0.2) is 9.55 Å². The molecule has 1 heterocycles. The second-order valence-corrected chi connectivity index (χ2v) is 4.56. The Balaban J connectivity index is 2.66. The fourth-order valence-corrected chi connectivity index (χ4v) is 2.19. The number of aryl methyl sites for hydroxylation is 1. The Hall–Kier alpha value is -1.82. The van der Waals surface area contributed by atoms with Gasteiger partial charge in [0.05, 0.1) is 22.7 Å². The second kappa shape index (κ2) is 4.58. The Labute approximate surface area is 102 Å². The number of imidazole rings is 1. The number of rotatable bonds is 3. The van der Waals surface area contributed by atoms with Crippen LogP contribution in [0.3, 0.4) is 0 Å². The van der Waals surface area contributed by atoms with Crippen molar-refractivity contribution in [3.63, 3.8) is 0 Å². The van der Waals surface area contributed by atoms with Crippen molar-refractivity contribution in [3.8, 4) is 6.07 Å². The van der Waals surface area contributed by atoms with Gasteiger partial charge in [0.25, 0.3) is 0 Å². The Kier molecular flexibility index (Phi) is 3.14. The first-order chi connectivity index (χ1) is 8.17. The number of nitriles is 1. The molecule has 0 atom stereocenters. The van der Waals surface area contributed by atoms with Crippen molar-refractivity contribution in [1.29, 1.82) is 5.26 Å². The number of hydrogen-bond acceptors (Lipinski definition) is 2. The Morgan fingerprint density at radius 3 is 2.76 bits per heavy atom. The highest BCUT2D eigenvalue weighted by molar-refractivity contribution is 5.78. The molecule has 0 saturated carbocycles. The highest BCUT2D eigenvalue weighted by atomic mass is 15.1. The first-order valence-corrected chi connectivity index (χ1v) is 6.08. The lowest BCUT2D eigenvalue weighted by Crippen LogP contribution is -2.05. The molecular weight excluding hydrogens is 210 g/mol. The lowest BCUT2D eigenvalue weighted by Gasteiger charge is -2.12. The minimum atomic E-state index is 0.398. The van der Waals surface area contributed by atoms with Crippen LogP contribution in [-0.2, 0) is 6.42 Å². The zero-order valence-electron chi connectivity index (χ0n) is 10.6. The van der Waals surface area contributed by atoms with E-state index >= 15 is 0 Å². The highest BCUT2D eigenvalue weighted by Gasteiger charge is 2.12. The van der Waals surface area contributed by atoms with Gasteiger partial charge >= 0.3 is 0 Å². The van der Waals surface area contributed by atoms with Gasteiger partial charge in [-0.2, -0.15) is 5.26 Å². The van der Waals surface area contributed by atoms with Crippen LogP contribution >= 0.6 is 0 Å². The molecule has 3 heteroatoms. The molecule has 1 aromatic carbocycles. The normalized spacial score (nSPS) is 11.0. The second-order valence-electron chi connectivity index (χ2n) is 4.56. The molecule has 0 saturated heterocycles. The topological polar surface area (TPSA) is 41.6 Å². The van der Waals surface area contributed by atoms with Gasteiger partial charge in [0.1, 0.15) is 5.82 Å². The van der Waals surface area contributed by atoms with E-state index in [0.29, 0.717) is 11.6 Å². The van der Waals surface area contributed by atoms with E-state index in [1.165, 1.54) is 0 Å². The molecule has 0 radical (unpaired) electrons. The summed E-state index contributed by atoms with van der Waals surface area (Å²) < 4.78 is 2.26. The van der Waals surface area contributed by atoms with E-state index in [4.69, 9.17) is 5.26 Å². The van der Waals surface area contributed by atoms with E-state index in [1.54, 1.807) is 0 Å². The summed E-state index contributed by atoms with van der Waals surface area (Å²) in [6, 6.07) is 8.29. The van der Waals surface area contributed by atoms with Gasteiger partial charge < -0.3 is 4.57 Å². The maximum Gasteiger partial charge on any atom is 0.110 e. The maximum atomic E-state index is 8.90. The van der Waals surface area contributed by atoms with Crippen LogP contribution in [0, 0.1) is 11.3 Å². The third-order valence-corrected chi connectivity index (χ3v) is 2.88. The number of benzene rings is 1. The van der Waals surface area contributed by atoms with Crippen LogP contribution in [0.5, 0.6) is 0 Å². The van der Waals surface area contributed by atoms with Gasteiger partial charge in [-0.15, -0.1) is 0 Å². The Morgan fingerprint density at radius 2 is 2.18 bits per heavy atom. The summed E-state index contributed by atoms with van der Waals surface area (Å²) in [5.41, 5.74) is 2.73. The maximum absolute atomic E-state index is 8.90. The van der Waals surface area contributed by atoms with Gasteiger partial charge in [-0.3, -0.25) is 0 Å². The number of hydrogen-bond donors (Lipinski definition) is 0. The molecule has 2 rings (SSSR count). The summed E-state index contributed by atoms with van der Waals surface area (Å²) in [5.74, 6) is 1.12. The van der Waals surface area contributed by atoms with E-state index in [2.05, 4.69) is 36.4 Å². The standard InChI is InChI=1S/C14H17N3/c1-4-5-14-16-12-8-11(9-15)6-7-13(12)17(14)10(2)3/h6-8,10H,4-5H2,1-3H3. The van der Waals surface area contributed by atoms with Crippen molar-refractivity contribution in [2.45, 2.75) is 39.7 Å². The molecule has 0 unspecified atom stereocenters. The van der Waals surface area contributed by atoms with Gasteiger partial charge in [-0.1, -0.05) is 6.92 Å². The van der Waals surface area contributed by atoms with Crippen LogP contribution in [0.15, 0.2) is 18.2 Å². The molecule has 0 N–H and O–H groups in total. The molecule has 0 amide bonds. The van der Waals surface area contributed by atoms with Crippen LogP contribution < -0.4 is 0 Å². The van der Waals surface area contributed by atoms with Crippen molar-refractivity contribution < 1.29 is 0 Å². The third kappa shape index (κ3) is 2.03. The lowest BCUT2D eigenvalue weighted by atomic mass is 10.2. The SMILES string of the molecule is CCCc1nc2cc(C#N)ccc2n1C(C)C. The monoisotopic (exact) mass is 227 g/mol. The van der Waals surface area contributed by atoms with Crippen molar-refractivity contribution >= 4 is 11.0 Å². The zero-order chi connectivity index (χ0) is 12.4. The molecule has 0 fully saturated rings. The molecule has 88 valence electrons. The zero-order valence-corrected chi connectivity index (χ0v) is 10.6. The van der Waals surface area contributed by atoms with Crippen molar-refractivity contribution in [1.82, 2.24) is 9.55 Å². The summed E-state index contributed by atoms with van der Waals surface area (Å²) in [5, 5.41) is 8.90. The van der Waals surface area contributed by atoms with Gasteiger partial charge in [0.2, 0.25) is 0 Å². The number of aromatic nitrogens is 2. The predicted octanol–water partition coefficient (Wildman–Crippen LogP) is 3.44. The van der Waals surface area contributed by atoms with Crippen LogP contribution in [0.2, 0.25) is 0 Å². The van der Waals surface area contributed by atoms with Crippen molar-refractivity contribution in [3.05, 3.63) is 29.6 Å². The number of nitrogens with zero attached hydrogens (tertiary/aromatic N) is 3. The largest absolute Gasteiger partial charge is 0.325 e. The summed E-state index contributed by atoms with van der Waals surface area (Å²) in [7, 11) is 0. The van der Waals surface area contributed by atoms with Gasteiger partial charge in [0, 0.05) is 12.5 Å². The summed E-state index contributed by atoms with van der Waals surface area (Å²) in [4.78, 5) is 4.64. The summed E-state index contributed by atoms with van der Waals surface area (Å²) in [6.07, 6.45) is 2.07. The lowest BCUT2D eigenvalue weighted by molar-refractivity contribution is 0.580. The molecule has 0 aliphatic rings. The molecule has 0 aliphatic heterocycles. The van der Waals surface area contributed by atoms with Crippen LogP contribution in [0.1, 0.15) is 44.6 Å². The number of fused-ring (bicyclic) bond motifs is 1. The highest BCUT2D eigenvalue weighted by Crippen LogP contribution is 2.22. The average molecular weight is 227 g/mol. The molecule has 0 aliphatic carbocycles. The van der Waals surface area contributed by atoms with Gasteiger partial charge in [-0.05, 0) is 38.5 Å². The average Bonchev–Trinajstić information content (AvgIpc) is 2.66. The van der Waals surface area contributed by atoms with Gasteiger partial charge in [-0.25, -0.2) is 4.98 Å². The van der Waals surface area contributed by atoms with Crippen LogP contribution in [0.25, 0.3) is 11.0 Å². The quantitative estimate of drug-likeness (QED) is 0.806. The third-order valence-electron chi connectivity index (χ3n) is 2.88. The first kappa shape index (κ1) is 11.7. The first-order valence-electron chi connectivity index (χ1n) is 6.08. The summed E-state index contributed by atoms with van der Waals surface area (Å²) >= 11 is 0. The summed E-state index contributed by atoms with van der Waals surface area (Å²) in [6.45, 7) is 6.49. The fourth-order valence-electron chi connectivity index (χ4n) is 2.19. The molecular formula is C14H17N3. The van der Waals surface area contributed by atoms with Gasteiger partial charge in [0.15, 0.2) is 0 Å². The molecule has 1 aromatic heterocycles.